The molecule has 24 heavy (non-hydrogen) atoms. The number of rotatable bonds is 2. The van der Waals surface area contributed by atoms with Crippen LogP contribution in [0.1, 0.15) is 53.9 Å². The highest BCUT2D eigenvalue weighted by molar-refractivity contribution is 5.99. The van der Waals surface area contributed by atoms with Gasteiger partial charge in [-0.25, -0.2) is 4.89 Å². The molecule has 0 bridgehead atoms. The molecule has 3 aliphatic rings. The Balaban J connectivity index is 2.09. The second-order valence-corrected chi connectivity index (χ2v) is 9.03. The number of aliphatic hydroxyl groups excluding tert-OH is 1. The summed E-state index contributed by atoms with van der Waals surface area (Å²) in [5.41, 5.74) is -0.470. The molecule has 2 N–H and O–H groups in total. The fourth-order valence-corrected chi connectivity index (χ4v) is 5.26. The highest BCUT2D eigenvalue weighted by Crippen LogP contribution is 2.62. The summed E-state index contributed by atoms with van der Waals surface area (Å²) in [5, 5.41) is 20.2. The van der Waals surface area contributed by atoms with Gasteiger partial charge >= 0.3 is 0 Å². The van der Waals surface area contributed by atoms with Crippen molar-refractivity contribution in [2.24, 2.45) is 28.6 Å². The molecule has 3 rings (SSSR count). The lowest BCUT2D eigenvalue weighted by molar-refractivity contribution is -0.304. The zero-order chi connectivity index (χ0) is 17.9. The minimum atomic E-state index is -0.724. The maximum atomic E-state index is 12.8. The lowest BCUT2D eigenvalue weighted by Crippen LogP contribution is -2.55. The summed E-state index contributed by atoms with van der Waals surface area (Å²) in [6, 6.07) is 0. The maximum absolute atomic E-state index is 12.8. The number of ketones is 1. The van der Waals surface area contributed by atoms with Gasteiger partial charge in [-0.15, -0.1) is 0 Å². The predicted octanol–water partition coefficient (Wildman–Crippen LogP) is 3.76. The molecule has 1 fully saturated rings. The van der Waals surface area contributed by atoms with Crippen molar-refractivity contribution < 1.29 is 20.0 Å². The molecule has 1 saturated carbocycles. The van der Waals surface area contributed by atoms with E-state index in [0.29, 0.717) is 12.8 Å². The van der Waals surface area contributed by atoms with Gasteiger partial charge in [0.05, 0.1) is 11.5 Å². The Morgan fingerprint density at radius 3 is 2.50 bits per heavy atom. The second-order valence-electron chi connectivity index (χ2n) is 9.03. The molecule has 0 saturated heterocycles. The van der Waals surface area contributed by atoms with Crippen molar-refractivity contribution in [1.29, 1.82) is 0 Å². The van der Waals surface area contributed by atoms with Crippen molar-refractivity contribution >= 4 is 5.78 Å². The summed E-state index contributed by atoms with van der Waals surface area (Å²) >= 11 is 0. The first kappa shape index (κ1) is 17.8. The van der Waals surface area contributed by atoms with Gasteiger partial charge in [-0.2, -0.15) is 0 Å². The van der Waals surface area contributed by atoms with E-state index in [4.69, 9.17) is 4.89 Å². The highest BCUT2D eigenvalue weighted by atomic mass is 17.1. The quantitative estimate of drug-likeness (QED) is 0.458. The largest absolute Gasteiger partial charge is 0.392 e. The van der Waals surface area contributed by atoms with Crippen LogP contribution < -0.4 is 0 Å². The van der Waals surface area contributed by atoms with Gasteiger partial charge in [0, 0.05) is 0 Å². The Morgan fingerprint density at radius 1 is 1.25 bits per heavy atom. The SMILES string of the molecule is CC(C)C1=CC(=O)C2(C)C(O)CC3(C)C=CC(C)(OO)CCC3C12. The van der Waals surface area contributed by atoms with Crippen molar-refractivity contribution in [2.75, 3.05) is 0 Å². The summed E-state index contributed by atoms with van der Waals surface area (Å²) in [4.78, 5) is 17.5. The summed E-state index contributed by atoms with van der Waals surface area (Å²) in [5.74, 6) is 0.645. The van der Waals surface area contributed by atoms with Gasteiger partial charge in [-0.3, -0.25) is 10.1 Å². The Bertz CT molecular complexity index is 607. The van der Waals surface area contributed by atoms with Crippen LogP contribution in [0.25, 0.3) is 0 Å². The first-order valence-corrected chi connectivity index (χ1v) is 9.04. The van der Waals surface area contributed by atoms with Gasteiger partial charge in [0.15, 0.2) is 5.78 Å². The smallest absolute Gasteiger partial charge is 0.164 e. The molecular weight excluding hydrogens is 304 g/mol. The number of allylic oxidation sites excluding steroid dienone is 3. The molecule has 0 aromatic rings. The normalized spacial score (nSPS) is 48.1. The van der Waals surface area contributed by atoms with Gasteiger partial charge in [0.2, 0.25) is 0 Å². The predicted molar refractivity (Wildman–Crippen MR) is 92.2 cm³/mol. The molecule has 0 amide bonds. The number of hydrogen-bond donors (Lipinski definition) is 2. The standard InChI is InChI=1S/C20H30O4/c1-12(2)13-10-15(21)20(5)16(22)11-18(3)8-9-19(4,24-23)7-6-14(18)17(13)20/h8-10,12,14,16-17,22-23H,6-7,11H2,1-5H3. The molecule has 134 valence electrons. The van der Waals surface area contributed by atoms with E-state index < -0.39 is 17.1 Å². The van der Waals surface area contributed by atoms with E-state index in [0.717, 1.165) is 6.42 Å². The first-order valence-electron chi connectivity index (χ1n) is 9.04. The van der Waals surface area contributed by atoms with Crippen LogP contribution in [-0.2, 0) is 9.68 Å². The number of hydrogen-bond acceptors (Lipinski definition) is 4. The van der Waals surface area contributed by atoms with Crippen LogP contribution in [0.15, 0.2) is 23.8 Å². The zero-order valence-electron chi connectivity index (χ0n) is 15.4. The van der Waals surface area contributed by atoms with Crippen LogP contribution in [0, 0.1) is 28.6 Å². The van der Waals surface area contributed by atoms with E-state index in [-0.39, 0.29) is 29.0 Å². The molecule has 6 unspecified atom stereocenters. The summed E-state index contributed by atoms with van der Waals surface area (Å²) in [6.45, 7) is 10.2. The van der Waals surface area contributed by atoms with Gasteiger partial charge in [-0.1, -0.05) is 38.5 Å². The summed E-state index contributed by atoms with van der Waals surface area (Å²) in [7, 11) is 0. The van der Waals surface area contributed by atoms with Crippen molar-refractivity contribution in [3.63, 3.8) is 0 Å². The van der Waals surface area contributed by atoms with Crippen LogP contribution in [0.2, 0.25) is 0 Å². The number of carbonyl (C=O) groups excluding carboxylic acids is 1. The van der Waals surface area contributed by atoms with E-state index >= 15 is 0 Å². The minimum absolute atomic E-state index is 0.0458. The lowest BCUT2D eigenvalue weighted by Gasteiger charge is -2.54. The van der Waals surface area contributed by atoms with Crippen molar-refractivity contribution in [3.8, 4) is 0 Å². The highest BCUT2D eigenvalue weighted by Gasteiger charge is 2.62. The Kier molecular flexibility index (Phi) is 4.10. The molecule has 0 heterocycles. The molecule has 0 radical (unpaired) electrons. The molecule has 6 atom stereocenters. The lowest BCUT2D eigenvalue weighted by atomic mass is 9.50. The topological polar surface area (TPSA) is 66.8 Å². The van der Waals surface area contributed by atoms with E-state index in [2.05, 4.69) is 26.8 Å². The van der Waals surface area contributed by atoms with E-state index in [1.165, 1.54) is 5.57 Å². The van der Waals surface area contributed by atoms with Gasteiger partial charge in [-0.05, 0) is 62.4 Å². The molecule has 0 aromatic carbocycles. The van der Waals surface area contributed by atoms with E-state index in [9.17, 15) is 15.2 Å². The molecule has 0 aromatic heterocycles. The molecular formula is C20H30O4. The third-order valence-corrected chi connectivity index (χ3v) is 7.05. The van der Waals surface area contributed by atoms with Gasteiger partial charge in [0.1, 0.15) is 5.60 Å². The molecule has 3 aliphatic carbocycles. The Labute approximate surface area is 144 Å². The Morgan fingerprint density at radius 2 is 1.92 bits per heavy atom. The second kappa shape index (κ2) is 5.52. The molecule has 4 nitrogen and oxygen atoms in total. The first-order chi connectivity index (χ1) is 11.1. The van der Waals surface area contributed by atoms with Crippen LogP contribution in [0.5, 0.6) is 0 Å². The summed E-state index contributed by atoms with van der Waals surface area (Å²) in [6.07, 6.45) is 7.28. The number of carbonyl (C=O) groups is 1. The van der Waals surface area contributed by atoms with E-state index in [1.807, 2.05) is 19.9 Å². The van der Waals surface area contributed by atoms with Crippen LogP contribution >= 0.6 is 0 Å². The zero-order valence-corrected chi connectivity index (χ0v) is 15.4. The van der Waals surface area contributed by atoms with Crippen molar-refractivity contribution in [2.45, 2.75) is 65.6 Å². The molecule has 4 heteroatoms. The monoisotopic (exact) mass is 334 g/mol. The summed E-state index contributed by atoms with van der Waals surface area (Å²) < 4.78 is 0. The third kappa shape index (κ3) is 2.34. The Hall–Kier alpha value is -0.970. The third-order valence-electron chi connectivity index (χ3n) is 7.05. The van der Waals surface area contributed by atoms with E-state index in [1.54, 1.807) is 6.08 Å². The maximum Gasteiger partial charge on any atom is 0.164 e. The minimum Gasteiger partial charge on any atom is -0.392 e. The average molecular weight is 334 g/mol. The number of aliphatic hydroxyl groups is 1. The average Bonchev–Trinajstić information content (AvgIpc) is 2.71. The van der Waals surface area contributed by atoms with Crippen LogP contribution in [0.3, 0.4) is 0 Å². The molecule has 0 spiro atoms. The fraction of sp³-hybridized carbons (Fsp3) is 0.750. The van der Waals surface area contributed by atoms with Crippen LogP contribution in [0.4, 0.5) is 0 Å². The fourth-order valence-electron chi connectivity index (χ4n) is 5.26. The van der Waals surface area contributed by atoms with Gasteiger partial charge in [0.25, 0.3) is 0 Å². The van der Waals surface area contributed by atoms with Crippen molar-refractivity contribution in [1.82, 2.24) is 0 Å². The van der Waals surface area contributed by atoms with Crippen LogP contribution in [-0.4, -0.2) is 27.9 Å². The van der Waals surface area contributed by atoms with Crippen molar-refractivity contribution in [3.05, 3.63) is 23.8 Å². The van der Waals surface area contributed by atoms with Gasteiger partial charge < -0.3 is 5.11 Å². The molecule has 0 aliphatic heterocycles. The number of fused-ring (bicyclic) bond motifs is 3.